The third-order valence-electron chi connectivity index (χ3n) is 1.48. The van der Waals surface area contributed by atoms with Crippen LogP contribution in [0.25, 0.3) is 0 Å². The molecule has 0 bridgehead atoms. The second-order valence-corrected chi connectivity index (χ2v) is 2.54. The van der Waals surface area contributed by atoms with Gasteiger partial charge in [-0.1, -0.05) is 0 Å². The van der Waals surface area contributed by atoms with Crippen molar-refractivity contribution in [2.75, 3.05) is 13.7 Å². The maximum absolute atomic E-state index is 11.2. The molecule has 0 fully saturated rings. The van der Waals surface area contributed by atoms with Gasteiger partial charge in [0.05, 0.1) is 7.11 Å². The van der Waals surface area contributed by atoms with Crippen LogP contribution in [0.2, 0.25) is 0 Å². The normalized spacial score (nSPS) is 9.40. The van der Waals surface area contributed by atoms with Crippen molar-refractivity contribution in [1.29, 1.82) is 0 Å². The molecule has 0 atom stereocenters. The van der Waals surface area contributed by atoms with E-state index < -0.39 is 18.4 Å². The van der Waals surface area contributed by atoms with E-state index in [0.717, 1.165) is 0 Å². The lowest BCUT2D eigenvalue weighted by atomic mass is 10.3. The van der Waals surface area contributed by atoms with Gasteiger partial charge in [-0.25, -0.2) is 0 Å². The predicted octanol–water partition coefficient (Wildman–Crippen LogP) is -0.700. The maximum atomic E-state index is 11.2. The van der Waals surface area contributed by atoms with Crippen molar-refractivity contribution in [2.45, 2.75) is 0 Å². The van der Waals surface area contributed by atoms with Gasteiger partial charge in [-0.2, -0.15) is 0 Å². The SMILES string of the molecule is COc1ccc(C(=O)NCC(=O)O)nn1. The van der Waals surface area contributed by atoms with Crippen LogP contribution >= 0.6 is 0 Å². The molecule has 0 aliphatic heterocycles. The second-order valence-electron chi connectivity index (χ2n) is 2.54. The van der Waals surface area contributed by atoms with Gasteiger partial charge in [-0.15, -0.1) is 10.2 Å². The van der Waals surface area contributed by atoms with Gasteiger partial charge in [0.15, 0.2) is 5.69 Å². The predicted molar refractivity (Wildman–Crippen MR) is 48.6 cm³/mol. The van der Waals surface area contributed by atoms with Crippen LogP contribution in [0.15, 0.2) is 12.1 Å². The molecule has 1 rings (SSSR count). The Morgan fingerprint density at radius 3 is 2.67 bits per heavy atom. The molecule has 1 heterocycles. The molecule has 0 aromatic carbocycles. The number of aliphatic carboxylic acids is 1. The fourth-order valence-corrected chi connectivity index (χ4v) is 0.796. The zero-order valence-electron chi connectivity index (χ0n) is 7.93. The van der Waals surface area contributed by atoms with E-state index in [2.05, 4.69) is 15.5 Å². The lowest BCUT2D eigenvalue weighted by molar-refractivity contribution is -0.135. The summed E-state index contributed by atoms with van der Waals surface area (Å²) in [6, 6.07) is 2.85. The summed E-state index contributed by atoms with van der Waals surface area (Å²) in [5.74, 6) is -1.43. The number of nitrogens with one attached hydrogen (secondary N) is 1. The number of carbonyl (C=O) groups excluding carboxylic acids is 1. The zero-order valence-corrected chi connectivity index (χ0v) is 7.93. The van der Waals surface area contributed by atoms with Crippen LogP contribution in [0.4, 0.5) is 0 Å². The van der Waals surface area contributed by atoms with Gasteiger partial charge in [-0.3, -0.25) is 9.59 Å². The largest absolute Gasteiger partial charge is 0.480 e. The van der Waals surface area contributed by atoms with Gasteiger partial charge in [0.25, 0.3) is 5.91 Å². The molecule has 2 N–H and O–H groups in total. The summed E-state index contributed by atoms with van der Waals surface area (Å²) in [6.45, 7) is -0.452. The van der Waals surface area contributed by atoms with E-state index in [-0.39, 0.29) is 11.6 Å². The van der Waals surface area contributed by atoms with Crippen molar-refractivity contribution in [1.82, 2.24) is 15.5 Å². The molecular weight excluding hydrogens is 202 g/mol. The summed E-state index contributed by atoms with van der Waals surface area (Å²) in [4.78, 5) is 21.4. The summed E-state index contributed by atoms with van der Waals surface area (Å²) in [5.41, 5.74) is 0.0389. The molecule has 0 unspecified atom stereocenters. The number of carboxylic acid groups (broad SMARTS) is 1. The highest BCUT2D eigenvalue weighted by Crippen LogP contribution is 2.02. The average Bonchev–Trinajstić information content (AvgIpc) is 2.26. The standard InChI is InChI=1S/C8H9N3O4/c1-15-6-3-2-5(10-11-6)8(14)9-4-7(12)13/h2-3H,4H2,1H3,(H,9,14)(H,12,13). The zero-order chi connectivity index (χ0) is 11.3. The summed E-state index contributed by atoms with van der Waals surface area (Å²) in [6.07, 6.45) is 0. The lowest BCUT2D eigenvalue weighted by Gasteiger charge is -2.01. The van der Waals surface area contributed by atoms with Crippen molar-refractivity contribution in [2.24, 2.45) is 0 Å². The molecule has 1 amide bonds. The fourth-order valence-electron chi connectivity index (χ4n) is 0.796. The van der Waals surface area contributed by atoms with E-state index in [4.69, 9.17) is 9.84 Å². The van der Waals surface area contributed by atoms with Crippen LogP contribution < -0.4 is 10.1 Å². The average molecular weight is 211 g/mol. The smallest absolute Gasteiger partial charge is 0.322 e. The first kappa shape index (κ1) is 10.9. The van der Waals surface area contributed by atoms with Gasteiger partial charge in [0.1, 0.15) is 6.54 Å². The topological polar surface area (TPSA) is 101 Å². The van der Waals surface area contributed by atoms with Gasteiger partial charge in [0, 0.05) is 6.07 Å². The Morgan fingerprint density at radius 2 is 2.20 bits per heavy atom. The number of aromatic nitrogens is 2. The Bertz CT molecular complexity index is 363. The van der Waals surface area contributed by atoms with Gasteiger partial charge in [-0.05, 0) is 6.07 Å². The molecule has 7 heteroatoms. The maximum Gasteiger partial charge on any atom is 0.322 e. The third kappa shape index (κ3) is 3.22. The van der Waals surface area contributed by atoms with Crippen LogP contribution in [0.1, 0.15) is 10.5 Å². The van der Waals surface area contributed by atoms with Crippen LogP contribution in [-0.4, -0.2) is 40.8 Å². The first-order valence-electron chi connectivity index (χ1n) is 4.01. The summed E-state index contributed by atoms with van der Waals surface area (Å²) in [7, 11) is 1.42. The highest BCUT2D eigenvalue weighted by Gasteiger charge is 2.09. The van der Waals surface area contributed by atoms with Crippen LogP contribution in [-0.2, 0) is 4.79 Å². The van der Waals surface area contributed by atoms with Crippen molar-refractivity contribution < 1.29 is 19.4 Å². The Kier molecular flexibility index (Phi) is 3.55. The summed E-state index contributed by atoms with van der Waals surface area (Å²) < 4.78 is 4.75. The van der Waals surface area contributed by atoms with Crippen LogP contribution in [0, 0.1) is 0 Å². The van der Waals surface area contributed by atoms with Crippen molar-refractivity contribution in [3.05, 3.63) is 17.8 Å². The third-order valence-corrected chi connectivity index (χ3v) is 1.48. The number of carbonyl (C=O) groups is 2. The lowest BCUT2D eigenvalue weighted by Crippen LogP contribution is -2.30. The van der Waals surface area contributed by atoms with E-state index in [1.165, 1.54) is 19.2 Å². The summed E-state index contributed by atoms with van der Waals surface area (Å²) >= 11 is 0. The summed E-state index contributed by atoms with van der Waals surface area (Å²) in [5, 5.41) is 17.6. The van der Waals surface area contributed by atoms with Crippen molar-refractivity contribution in [3.8, 4) is 5.88 Å². The number of methoxy groups -OCH3 is 1. The number of amides is 1. The Labute approximate surface area is 85.1 Å². The fraction of sp³-hybridized carbons (Fsp3) is 0.250. The second kappa shape index (κ2) is 4.89. The van der Waals surface area contributed by atoms with E-state index in [9.17, 15) is 9.59 Å². The first-order valence-corrected chi connectivity index (χ1v) is 4.01. The molecule has 0 aliphatic carbocycles. The molecule has 0 radical (unpaired) electrons. The van der Waals surface area contributed by atoms with Crippen molar-refractivity contribution in [3.63, 3.8) is 0 Å². The number of hydrogen-bond donors (Lipinski definition) is 2. The Balaban J connectivity index is 2.62. The van der Waals surface area contributed by atoms with E-state index in [1.807, 2.05) is 0 Å². The highest BCUT2D eigenvalue weighted by atomic mass is 16.5. The van der Waals surface area contributed by atoms with Crippen LogP contribution in [0.3, 0.4) is 0 Å². The molecule has 0 spiro atoms. The van der Waals surface area contributed by atoms with Gasteiger partial charge < -0.3 is 15.2 Å². The molecule has 0 saturated carbocycles. The molecular formula is C8H9N3O4. The molecule has 15 heavy (non-hydrogen) atoms. The molecule has 7 nitrogen and oxygen atoms in total. The Morgan fingerprint density at radius 1 is 1.47 bits per heavy atom. The molecule has 1 aromatic rings. The molecule has 0 saturated heterocycles. The minimum Gasteiger partial charge on any atom is -0.480 e. The van der Waals surface area contributed by atoms with Crippen LogP contribution in [0.5, 0.6) is 5.88 Å². The van der Waals surface area contributed by atoms with Crippen molar-refractivity contribution >= 4 is 11.9 Å². The highest BCUT2D eigenvalue weighted by molar-refractivity contribution is 5.93. The monoisotopic (exact) mass is 211 g/mol. The number of hydrogen-bond acceptors (Lipinski definition) is 5. The molecule has 80 valence electrons. The molecule has 0 aliphatic rings. The number of carboxylic acids is 1. The minimum atomic E-state index is -1.12. The van der Waals surface area contributed by atoms with E-state index in [0.29, 0.717) is 0 Å². The quantitative estimate of drug-likeness (QED) is 0.682. The Hall–Kier alpha value is -2.18. The van der Waals surface area contributed by atoms with Gasteiger partial charge >= 0.3 is 5.97 Å². The first-order chi connectivity index (χ1) is 7.13. The number of nitrogens with zero attached hydrogens (tertiary/aromatic N) is 2. The van der Waals surface area contributed by atoms with E-state index in [1.54, 1.807) is 0 Å². The minimum absolute atomic E-state index is 0.0389. The van der Waals surface area contributed by atoms with Gasteiger partial charge in [0.2, 0.25) is 5.88 Å². The van der Waals surface area contributed by atoms with E-state index >= 15 is 0 Å². The number of rotatable bonds is 4. The molecule has 1 aromatic heterocycles. The number of ether oxygens (including phenoxy) is 1.